The van der Waals surface area contributed by atoms with Crippen molar-refractivity contribution in [2.75, 3.05) is 5.32 Å². The molecular formula is C24H17BaN3O8S2. The fraction of sp³-hybridized carbons (Fsp3) is 0.0417. The number of carbonyl (C=O) groups excluding carboxylic acids is 1. The molecule has 4 aromatic rings. The summed E-state index contributed by atoms with van der Waals surface area (Å²) in [5, 5.41) is 20.2. The third-order valence-electron chi connectivity index (χ3n) is 5.27. The minimum atomic E-state index is -5.35. The van der Waals surface area contributed by atoms with E-state index < -0.39 is 58.1 Å². The average Bonchev–Trinajstić information content (AvgIpc) is 2.82. The molecule has 0 heterocycles. The number of carbonyl (C=O) groups is 1. The van der Waals surface area contributed by atoms with Gasteiger partial charge in [-0.1, -0.05) is 30.3 Å². The first kappa shape index (κ1) is 30.0. The Hall–Kier alpha value is -2.60. The molecule has 0 bridgehead atoms. The third-order valence-corrected chi connectivity index (χ3v) is 7.01. The molecule has 0 aliphatic carbocycles. The molecule has 0 saturated heterocycles. The van der Waals surface area contributed by atoms with Crippen molar-refractivity contribution >= 4 is 103 Å². The molecule has 0 radical (unpaired) electrons. The summed E-state index contributed by atoms with van der Waals surface area (Å²) in [5.74, 6) is -1.63. The second-order valence-electron chi connectivity index (χ2n) is 7.87. The summed E-state index contributed by atoms with van der Waals surface area (Å²) in [6.07, 6.45) is 0. The van der Waals surface area contributed by atoms with Crippen LogP contribution in [0.2, 0.25) is 0 Å². The molecule has 4 aromatic carbocycles. The molecule has 0 aromatic heterocycles. The molecule has 14 heteroatoms. The molecule has 190 valence electrons. The van der Waals surface area contributed by atoms with Crippen LogP contribution in [0.4, 0.5) is 17.1 Å². The molecule has 0 fully saturated rings. The topological polar surface area (TPSA) is 188 Å². The van der Waals surface area contributed by atoms with Crippen molar-refractivity contribution in [1.82, 2.24) is 0 Å². The van der Waals surface area contributed by atoms with Gasteiger partial charge >= 0.3 is 48.9 Å². The molecule has 38 heavy (non-hydrogen) atoms. The number of aromatic hydroxyl groups is 1. The second kappa shape index (κ2) is 11.6. The summed E-state index contributed by atoms with van der Waals surface area (Å²) >= 11 is 0. The SMILES string of the molecule is Cc1cccc(N=Nc2c(S(=O)(=O)[O-])cc3c(S(=O)(=O)[O-])ccc(NC(=O)c4ccccc4)c3c2O)c1.[Ba+2]. The number of nitrogens with one attached hydrogen (secondary N) is 1. The van der Waals surface area contributed by atoms with Gasteiger partial charge in [0.15, 0.2) is 5.75 Å². The first-order valence-electron chi connectivity index (χ1n) is 10.5. The maximum atomic E-state index is 12.7. The zero-order valence-electron chi connectivity index (χ0n) is 19.7. The van der Waals surface area contributed by atoms with Crippen LogP contribution < -0.4 is 5.32 Å². The molecule has 4 rings (SSSR count). The number of hydrogen-bond acceptors (Lipinski definition) is 10. The molecule has 0 aliphatic rings. The Kier molecular flexibility index (Phi) is 9.18. The van der Waals surface area contributed by atoms with Gasteiger partial charge in [0.25, 0.3) is 5.91 Å². The molecule has 11 nitrogen and oxygen atoms in total. The number of nitrogens with zero attached hydrogens (tertiary/aromatic N) is 2. The van der Waals surface area contributed by atoms with Crippen LogP contribution in [0.15, 0.2) is 92.8 Å². The largest absolute Gasteiger partial charge is 2.00 e. The Labute approximate surface area is 258 Å². The molecule has 0 saturated carbocycles. The Morgan fingerprint density at radius 3 is 2.11 bits per heavy atom. The number of fused-ring (bicyclic) bond motifs is 1. The van der Waals surface area contributed by atoms with Gasteiger partial charge in [-0.2, -0.15) is 5.11 Å². The van der Waals surface area contributed by atoms with Crippen LogP contribution in [-0.2, 0) is 20.2 Å². The molecule has 0 spiro atoms. The van der Waals surface area contributed by atoms with E-state index in [0.29, 0.717) is 6.07 Å². The Balaban J connectivity index is 0.00000400. The molecule has 1 amide bonds. The van der Waals surface area contributed by atoms with E-state index in [1.165, 1.54) is 18.2 Å². The monoisotopic (exact) mass is 677 g/mol. The maximum absolute atomic E-state index is 12.7. The Morgan fingerprint density at radius 1 is 0.842 bits per heavy atom. The van der Waals surface area contributed by atoms with Crippen LogP contribution in [0.5, 0.6) is 5.75 Å². The van der Waals surface area contributed by atoms with Crippen LogP contribution in [0.3, 0.4) is 0 Å². The van der Waals surface area contributed by atoms with E-state index >= 15 is 0 Å². The first-order chi connectivity index (χ1) is 17.4. The van der Waals surface area contributed by atoms with Gasteiger partial charge in [0, 0.05) is 10.9 Å². The minimum absolute atomic E-state index is 0. The van der Waals surface area contributed by atoms with Crippen LogP contribution in [0, 0.1) is 6.92 Å². The van der Waals surface area contributed by atoms with Crippen LogP contribution in [0.25, 0.3) is 10.8 Å². The molecule has 0 atom stereocenters. The number of amides is 1. The van der Waals surface area contributed by atoms with E-state index in [4.69, 9.17) is 0 Å². The minimum Gasteiger partial charge on any atom is -0.744 e. The predicted molar refractivity (Wildman–Crippen MR) is 137 cm³/mol. The van der Waals surface area contributed by atoms with E-state index in [9.17, 15) is 35.8 Å². The molecule has 0 unspecified atom stereocenters. The van der Waals surface area contributed by atoms with Crippen molar-refractivity contribution in [3.63, 3.8) is 0 Å². The Bertz CT molecular complexity index is 1790. The quantitative estimate of drug-likeness (QED) is 0.174. The fourth-order valence-electron chi connectivity index (χ4n) is 3.62. The van der Waals surface area contributed by atoms with Gasteiger partial charge in [0.2, 0.25) is 0 Å². The van der Waals surface area contributed by atoms with E-state index in [1.54, 1.807) is 43.3 Å². The Morgan fingerprint density at radius 2 is 1.50 bits per heavy atom. The van der Waals surface area contributed by atoms with Gasteiger partial charge < -0.3 is 19.5 Å². The van der Waals surface area contributed by atoms with Crippen LogP contribution >= 0.6 is 0 Å². The van der Waals surface area contributed by atoms with E-state index in [2.05, 4.69) is 15.5 Å². The predicted octanol–water partition coefficient (Wildman–Crippen LogP) is 3.95. The number of azo groups is 1. The molecule has 0 aliphatic heterocycles. The summed E-state index contributed by atoms with van der Waals surface area (Å²) in [5.41, 5.74) is 0.318. The first-order valence-corrected chi connectivity index (χ1v) is 13.3. The summed E-state index contributed by atoms with van der Waals surface area (Å²) in [4.78, 5) is 10.7. The van der Waals surface area contributed by atoms with Crippen molar-refractivity contribution in [2.24, 2.45) is 10.2 Å². The number of hydrogen-bond donors (Lipinski definition) is 2. The van der Waals surface area contributed by atoms with Gasteiger partial charge in [0.1, 0.15) is 25.9 Å². The van der Waals surface area contributed by atoms with E-state index in [0.717, 1.165) is 17.7 Å². The number of phenolic OH excluding ortho intramolecular Hbond substituents is 1. The van der Waals surface area contributed by atoms with Crippen molar-refractivity contribution < 1.29 is 35.8 Å². The number of aryl methyl sites for hydroxylation is 1. The zero-order chi connectivity index (χ0) is 27.0. The van der Waals surface area contributed by atoms with Crippen molar-refractivity contribution in [3.8, 4) is 5.75 Å². The third kappa shape index (κ3) is 6.51. The number of benzene rings is 4. The normalized spacial score (nSPS) is 11.9. The summed E-state index contributed by atoms with van der Waals surface area (Å²) in [6.45, 7) is 1.77. The average molecular weight is 677 g/mol. The summed E-state index contributed by atoms with van der Waals surface area (Å²) in [6, 6.07) is 16.9. The van der Waals surface area contributed by atoms with E-state index in [1.807, 2.05) is 0 Å². The van der Waals surface area contributed by atoms with Crippen molar-refractivity contribution in [3.05, 3.63) is 83.9 Å². The van der Waals surface area contributed by atoms with Crippen molar-refractivity contribution in [1.29, 1.82) is 0 Å². The maximum Gasteiger partial charge on any atom is 2.00 e. The van der Waals surface area contributed by atoms with Crippen LogP contribution in [-0.4, -0.2) is 85.8 Å². The van der Waals surface area contributed by atoms with Gasteiger partial charge in [-0.3, -0.25) is 4.79 Å². The number of rotatable bonds is 6. The van der Waals surface area contributed by atoms with Gasteiger partial charge in [0.05, 0.1) is 26.6 Å². The smallest absolute Gasteiger partial charge is 0.744 e. The number of phenols is 1. The summed E-state index contributed by atoms with van der Waals surface area (Å²) < 4.78 is 71.9. The molecule has 2 N–H and O–H groups in total. The number of anilines is 1. The zero-order valence-corrected chi connectivity index (χ0v) is 25.7. The standard InChI is InChI=1S/C24H19N3O8S2.Ba/c1-14-6-5-9-16(12-14)26-27-22-20(37(33,34)35)13-17-19(36(30,31)32)11-10-18(21(17)23(22)28)25-24(29)15-7-3-2-4-8-15;/h2-13,28H,1H3,(H,25,29)(H,30,31,32)(H,33,34,35);/q;+2/p-2. The fourth-order valence-corrected chi connectivity index (χ4v) is 4.93. The second-order valence-corrected chi connectivity index (χ2v) is 10.6. The molecular weight excluding hydrogens is 660 g/mol. The van der Waals surface area contributed by atoms with Gasteiger partial charge in [-0.15, -0.1) is 5.11 Å². The van der Waals surface area contributed by atoms with Crippen molar-refractivity contribution in [2.45, 2.75) is 16.7 Å². The van der Waals surface area contributed by atoms with Crippen LogP contribution in [0.1, 0.15) is 15.9 Å². The van der Waals surface area contributed by atoms with E-state index in [-0.39, 0.29) is 65.8 Å². The van der Waals surface area contributed by atoms with Gasteiger partial charge in [-0.05, 0) is 55.0 Å². The summed E-state index contributed by atoms with van der Waals surface area (Å²) in [7, 11) is -10.6. The van der Waals surface area contributed by atoms with Gasteiger partial charge in [-0.25, -0.2) is 16.8 Å².